The van der Waals surface area contributed by atoms with Crippen LogP contribution >= 0.6 is 0 Å². The third-order valence-electron chi connectivity index (χ3n) is 4.82. The first-order chi connectivity index (χ1) is 14.3. The lowest BCUT2D eigenvalue weighted by atomic mass is 10.1. The Hall–Kier alpha value is -3.23. The summed E-state index contributed by atoms with van der Waals surface area (Å²) >= 11 is 0. The van der Waals surface area contributed by atoms with Gasteiger partial charge in [0.1, 0.15) is 11.4 Å². The van der Waals surface area contributed by atoms with E-state index in [1.807, 2.05) is 24.3 Å². The topological polar surface area (TPSA) is 117 Å². The van der Waals surface area contributed by atoms with Crippen molar-refractivity contribution in [3.8, 4) is 5.75 Å². The number of amides is 1. The van der Waals surface area contributed by atoms with Gasteiger partial charge in [-0.25, -0.2) is 0 Å². The zero-order valence-corrected chi connectivity index (χ0v) is 18.0. The van der Waals surface area contributed by atoms with E-state index in [1.165, 1.54) is 0 Å². The minimum Gasteiger partial charge on any atom is -0.497 e. The van der Waals surface area contributed by atoms with Gasteiger partial charge in [-0.2, -0.15) is 9.97 Å². The number of hydrogen-bond acceptors (Lipinski definition) is 8. The van der Waals surface area contributed by atoms with Crippen LogP contribution in [0.5, 0.6) is 5.75 Å². The summed E-state index contributed by atoms with van der Waals surface area (Å²) in [6.45, 7) is 8.14. The Balaban J connectivity index is 1.84. The van der Waals surface area contributed by atoms with E-state index in [9.17, 15) is 4.79 Å². The molecule has 5 N–H and O–H groups in total. The second kappa shape index (κ2) is 9.06. The molecule has 1 atom stereocenters. The van der Waals surface area contributed by atoms with Crippen LogP contribution in [0.25, 0.3) is 0 Å². The fourth-order valence-corrected chi connectivity index (χ4v) is 3.34. The first kappa shape index (κ1) is 21.5. The van der Waals surface area contributed by atoms with Crippen molar-refractivity contribution >= 4 is 29.7 Å². The van der Waals surface area contributed by atoms with Gasteiger partial charge in [0.05, 0.1) is 7.11 Å². The Morgan fingerprint density at radius 3 is 2.63 bits per heavy atom. The van der Waals surface area contributed by atoms with Gasteiger partial charge in [-0.15, -0.1) is 0 Å². The Labute approximate surface area is 177 Å². The number of aromatic nitrogens is 2. The van der Waals surface area contributed by atoms with Crippen LogP contribution in [0.4, 0.5) is 23.3 Å². The van der Waals surface area contributed by atoms with Crippen molar-refractivity contribution in [3.63, 3.8) is 0 Å². The molecular weight excluding hydrogens is 382 g/mol. The van der Waals surface area contributed by atoms with Gasteiger partial charge in [-0.05, 0) is 44.9 Å². The number of nitrogens with one attached hydrogen (secondary N) is 3. The number of nitrogen functional groups attached to an aromatic ring is 1. The summed E-state index contributed by atoms with van der Waals surface area (Å²) in [4.78, 5) is 22.2. The highest BCUT2D eigenvalue weighted by Crippen LogP contribution is 2.32. The van der Waals surface area contributed by atoms with E-state index in [0.717, 1.165) is 30.7 Å². The van der Waals surface area contributed by atoms with Gasteiger partial charge < -0.3 is 31.3 Å². The number of benzene rings is 1. The first-order valence-corrected chi connectivity index (χ1v) is 10.1. The molecule has 2 aromatic rings. The Morgan fingerprint density at radius 1 is 1.27 bits per heavy atom. The molecule has 1 fully saturated rings. The molecule has 0 aliphatic carbocycles. The number of hydrogen-bond donors (Lipinski definition) is 4. The Bertz CT molecular complexity index is 865. The quantitative estimate of drug-likeness (QED) is 0.487. The van der Waals surface area contributed by atoms with Crippen LogP contribution in [0.3, 0.4) is 0 Å². The molecule has 1 saturated heterocycles. The molecule has 9 heteroatoms. The molecule has 9 nitrogen and oxygen atoms in total. The smallest absolute Gasteiger partial charge is 0.227 e. The molecular formula is C21H31N7O2. The zero-order chi connectivity index (χ0) is 21.7. The standard InChI is InChI=1S/C21H31N7O2/c1-21(2,3)27-20-25-18(23-11-14-5-7-16(30-4)8-6-14)17(22)19(26-20)28-10-9-15(12-28)24-13-29/h5-8,13,15H,9-12,22H2,1-4H3,(H,24,29)(H2,23,25,26,27). The van der Waals surface area contributed by atoms with Crippen molar-refractivity contribution in [2.45, 2.75) is 45.3 Å². The van der Waals surface area contributed by atoms with E-state index in [2.05, 4.69) is 51.6 Å². The van der Waals surface area contributed by atoms with Gasteiger partial charge in [0.15, 0.2) is 11.6 Å². The number of methoxy groups -OCH3 is 1. The van der Waals surface area contributed by atoms with Crippen molar-refractivity contribution in [2.24, 2.45) is 0 Å². The predicted octanol–water partition coefficient (Wildman–Crippen LogP) is 2.21. The lowest BCUT2D eigenvalue weighted by Gasteiger charge is -2.25. The molecule has 0 bridgehead atoms. The number of ether oxygens (including phenoxy) is 1. The highest BCUT2D eigenvalue weighted by molar-refractivity contribution is 5.77. The summed E-state index contributed by atoms with van der Waals surface area (Å²) in [7, 11) is 1.65. The molecule has 0 spiro atoms. The van der Waals surface area contributed by atoms with Crippen molar-refractivity contribution in [1.82, 2.24) is 15.3 Å². The molecule has 1 aromatic carbocycles. The summed E-state index contributed by atoms with van der Waals surface area (Å²) in [5, 5.41) is 9.51. The van der Waals surface area contributed by atoms with E-state index < -0.39 is 0 Å². The fraction of sp³-hybridized carbons (Fsp3) is 0.476. The van der Waals surface area contributed by atoms with Crippen LogP contribution < -0.4 is 31.3 Å². The van der Waals surface area contributed by atoms with E-state index in [0.29, 0.717) is 36.4 Å². The van der Waals surface area contributed by atoms with Crippen LogP contribution in [-0.4, -0.2) is 48.2 Å². The van der Waals surface area contributed by atoms with Crippen LogP contribution in [-0.2, 0) is 11.3 Å². The monoisotopic (exact) mass is 413 g/mol. The largest absolute Gasteiger partial charge is 0.497 e. The number of nitrogens with two attached hydrogens (primary N) is 1. The lowest BCUT2D eigenvalue weighted by Crippen LogP contribution is -2.33. The molecule has 3 rings (SSSR count). The number of rotatable bonds is 8. The third kappa shape index (κ3) is 5.43. The molecule has 0 radical (unpaired) electrons. The minimum absolute atomic E-state index is 0.0894. The van der Waals surface area contributed by atoms with Gasteiger partial charge in [-0.1, -0.05) is 12.1 Å². The molecule has 30 heavy (non-hydrogen) atoms. The third-order valence-corrected chi connectivity index (χ3v) is 4.82. The highest BCUT2D eigenvalue weighted by atomic mass is 16.5. The second-order valence-electron chi connectivity index (χ2n) is 8.43. The summed E-state index contributed by atoms with van der Waals surface area (Å²) in [5.74, 6) is 2.57. The molecule has 1 aliphatic rings. The SMILES string of the molecule is COc1ccc(CNc2nc(NC(C)(C)C)nc(N3CCC(NC=O)C3)c2N)cc1. The van der Waals surface area contributed by atoms with Gasteiger partial charge in [-0.3, -0.25) is 4.79 Å². The molecule has 1 aliphatic heterocycles. The second-order valence-corrected chi connectivity index (χ2v) is 8.43. The van der Waals surface area contributed by atoms with Gasteiger partial charge >= 0.3 is 0 Å². The Kier molecular flexibility index (Phi) is 6.49. The van der Waals surface area contributed by atoms with E-state index in [1.54, 1.807) is 7.11 Å². The van der Waals surface area contributed by atoms with Gasteiger partial charge in [0.2, 0.25) is 12.4 Å². The van der Waals surface area contributed by atoms with Crippen LogP contribution in [0.2, 0.25) is 0 Å². The lowest BCUT2D eigenvalue weighted by molar-refractivity contribution is -0.110. The van der Waals surface area contributed by atoms with Crippen LogP contribution in [0, 0.1) is 0 Å². The first-order valence-electron chi connectivity index (χ1n) is 10.1. The summed E-state index contributed by atoms with van der Waals surface area (Å²) in [6.07, 6.45) is 1.59. The average molecular weight is 414 g/mol. The number of carbonyl (C=O) groups excluding carboxylic acids is 1. The van der Waals surface area contributed by atoms with E-state index >= 15 is 0 Å². The minimum atomic E-state index is -0.201. The summed E-state index contributed by atoms with van der Waals surface area (Å²) in [6, 6.07) is 7.92. The number of anilines is 4. The molecule has 1 aromatic heterocycles. The molecule has 162 valence electrons. The summed E-state index contributed by atoms with van der Waals surface area (Å²) in [5.41, 5.74) is 7.83. The fourth-order valence-electron chi connectivity index (χ4n) is 3.34. The number of nitrogens with zero attached hydrogens (tertiary/aromatic N) is 3. The molecule has 0 saturated carbocycles. The number of carbonyl (C=O) groups is 1. The van der Waals surface area contributed by atoms with Crippen LogP contribution in [0.1, 0.15) is 32.8 Å². The summed E-state index contributed by atoms with van der Waals surface area (Å²) < 4.78 is 5.21. The predicted molar refractivity (Wildman–Crippen MR) is 120 cm³/mol. The van der Waals surface area contributed by atoms with Crippen molar-refractivity contribution in [3.05, 3.63) is 29.8 Å². The van der Waals surface area contributed by atoms with Crippen molar-refractivity contribution < 1.29 is 9.53 Å². The molecule has 2 heterocycles. The molecule has 1 amide bonds. The van der Waals surface area contributed by atoms with E-state index in [-0.39, 0.29) is 11.6 Å². The maximum Gasteiger partial charge on any atom is 0.227 e. The maximum atomic E-state index is 10.8. The zero-order valence-electron chi connectivity index (χ0n) is 18.0. The van der Waals surface area contributed by atoms with Crippen molar-refractivity contribution in [2.75, 3.05) is 41.5 Å². The van der Waals surface area contributed by atoms with E-state index in [4.69, 9.17) is 10.5 Å². The Morgan fingerprint density at radius 2 is 2.00 bits per heavy atom. The van der Waals surface area contributed by atoms with Gasteiger partial charge in [0, 0.05) is 31.2 Å². The van der Waals surface area contributed by atoms with Crippen LogP contribution in [0.15, 0.2) is 24.3 Å². The van der Waals surface area contributed by atoms with Gasteiger partial charge in [0.25, 0.3) is 0 Å². The average Bonchev–Trinajstić information content (AvgIpc) is 3.16. The maximum absolute atomic E-state index is 10.8. The molecule has 1 unspecified atom stereocenters. The van der Waals surface area contributed by atoms with Crippen molar-refractivity contribution in [1.29, 1.82) is 0 Å². The highest BCUT2D eigenvalue weighted by Gasteiger charge is 2.27. The normalized spacial score (nSPS) is 16.3.